The zero-order chi connectivity index (χ0) is 20.8. The molecule has 5 heteroatoms. The molecule has 0 saturated heterocycles. The van der Waals surface area contributed by atoms with Crippen LogP contribution in [-0.4, -0.2) is 48.3 Å². The first kappa shape index (κ1) is 20.6. The molecule has 3 rings (SSSR count). The van der Waals surface area contributed by atoms with Crippen LogP contribution in [0.25, 0.3) is 10.8 Å². The van der Waals surface area contributed by atoms with E-state index in [1.165, 1.54) is 0 Å². The molecule has 0 bridgehead atoms. The number of nitrogens with zero attached hydrogens (tertiary/aromatic N) is 2. The number of rotatable bonds is 7. The third-order valence-corrected chi connectivity index (χ3v) is 5.11. The fraction of sp³-hybridized carbons (Fsp3) is 0.250. The summed E-state index contributed by atoms with van der Waals surface area (Å²) in [5.74, 6) is -0.163. The summed E-state index contributed by atoms with van der Waals surface area (Å²) in [7, 11) is 3.58. The summed E-state index contributed by atoms with van der Waals surface area (Å²) in [5.41, 5.74) is 1.86. The third-order valence-electron chi connectivity index (χ3n) is 5.11. The summed E-state index contributed by atoms with van der Waals surface area (Å²) in [4.78, 5) is 28.8. The lowest BCUT2D eigenvalue weighted by molar-refractivity contribution is -0.135. The SMILES string of the molecule is C[C@@H](C(=O)N(C)Cc1ccccc1)N(C)CC(=O)Nc1cccc2ccccc12. The smallest absolute Gasteiger partial charge is 0.239 e. The van der Waals surface area contributed by atoms with Gasteiger partial charge >= 0.3 is 0 Å². The van der Waals surface area contributed by atoms with Gasteiger partial charge in [-0.2, -0.15) is 0 Å². The molecule has 0 spiro atoms. The van der Waals surface area contributed by atoms with Crippen LogP contribution in [0.4, 0.5) is 5.69 Å². The molecular formula is C24H27N3O2. The number of carbonyl (C=O) groups excluding carboxylic acids is 2. The minimum Gasteiger partial charge on any atom is -0.340 e. The van der Waals surface area contributed by atoms with Crippen molar-refractivity contribution in [1.29, 1.82) is 0 Å². The summed E-state index contributed by atoms with van der Waals surface area (Å²) in [6.45, 7) is 2.50. The number of amides is 2. The van der Waals surface area contributed by atoms with Gasteiger partial charge in [0.05, 0.1) is 12.6 Å². The van der Waals surface area contributed by atoms with Crippen molar-refractivity contribution in [1.82, 2.24) is 9.80 Å². The molecule has 0 aliphatic rings. The van der Waals surface area contributed by atoms with E-state index in [-0.39, 0.29) is 18.4 Å². The quantitative estimate of drug-likeness (QED) is 0.669. The lowest BCUT2D eigenvalue weighted by Gasteiger charge is -2.28. The Morgan fingerprint density at radius 1 is 0.897 bits per heavy atom. The Morgan fingerprint density at radius 3 is 2.31 bits per heavy atom. The van der Waals surface area contributed by atoms with Crippen molar-refractivity contribution in [2.24, 2.45) is 0 Å². The van der Waals surface area contributed by atoms with Crippen molar-refractivity contribution in [2.45, 2.75) is 19.5 Å². The second-order valence-corrected chi connectivity index (χ2v) is 7.35. The highest BCUT2D eigenvalue weighted by molar-refractivity contribution is 6.02. The summed E-state index contributed by atoms with van der Waals surface area (Å²) >= 11 is 0. The standard InChI is InChI=1S/C24H27N3O2/c1-18(24(29)27(3)16-19-10-5-4-6-11-19)26(2)17-23(28)25-22-15-9-13-20-12-7-8-14-21(20)22/h4-15,18H,16-17H2,1-3H3,(H,25,28)/t18-/m0/s1. The van der Waals surface area contributed by atoms with Crippen LogP contribution in [0.5, 0.6) is 0 Å². The summed E-state index contributed by atoms with van der Waals surface area (Å²) in [6, 6.07) is 23.2. The molecule has 0 unspecified atom stereocenters. The highest BCUT2D eigenvalue weighted by Crippen LogP contribution is 2.22. The Balaban J connectivity index is 1.59. The number of hydrogen-bond acceptors (Lipinski definition) is 3. The Morgan fingerprint density at radius 2 is 1.55 bits per heavy atom. The fourth-order valence-electron chi connectivity index (χ4n) is 3.33. The molecule has 0 fully saturated rings. The third kappa shape index (κ3) is 5.21. The molecule has 3 aromatic rings. The van der Waals surface area contributed by atoms with Gasteiger partial charge in [0.15, 0.2) is 0 Å². The number of nitrogens with one attached hydrogen (secondary N) is 1. The number of fused-ring (bicyclic) bond motifs is 1. The van der Waals surface area contributed by atoms with E-state index in [1.54, 1.807) is 23.9 Å². The topological polar surface area (TPSA) is 52.7 Å². The molecule has 5 nitrogen and oxygen atoms in total. The van der Waals surface area contributed by atoms with Crippen LogP contribution in [0, 0.1) is 0 Å². The number of anilines is 1. The Kier molecular flexibility index (Phi) is 6.62. The van der Waals surface area contributed by atoms with Crippen molar-refractivity contribution >= 4 is 28.3 Å². The van der Waals surface area contributed by atoms with E-state index in [4.69, 9.17) is 0 Å². The lowest BCUT2D eigenvalue weighted by Crippen LogP contribution is -2.46. The largest absolute Gasteiger partial charge is 0.340 e. The van der Waals surface area contributed by atoms with E-state index in [0.29, 0.717) is 6.54 Å². The van der Waals surface area contributed by atoms with Gasteiger partial charge in [-0.1, -0.05) is 66.7 Å². The first-order valence-electron chi connectivity index (χ1n) is 9.72. The lowest BCUT2D eigenvalue weighted by atomic mass is 10.1. The molecule has 1 atom stereocenters. The number of likely N-dealkylation sites (N-methyl/N-ethyl adjacent to an activating group) is 2. The predicted molar refractivity (Wildman–Crippen MR) is 118 cm³/mol. The van der Waals surface area contributed by atoms with Gasteiger partial charge in [-0.25, -0.2) is 0 Å². The average molecular weight is 389 g/mol. The van der Waals surface area contributed by atoms with Crippen LogP contribution in [0.15, 0.2) is 72.8 Å². The van der Waals surface area contributed by atoms with Gasteiger partial charge in [-0.15, -0.1) is 0 Å². The van der Waals surface area contributed by atoms with Crippen LogP contribution in [0.3, 0.4) is 0 Å². The average Bonchev–Trinajstić information content (AvgIpc) is 2.73. The highest BCUT2D eigenvalue weighted by Gasteiger charge is 2.23. The normalized spacial score (nSPS) is 12.0. The molecule has 150 valence electrons. The van der Waals surface area contributed by atoms with Gasteiger partial charge in [-0.3, -0.25) is 14.5 Å². The maximum Gasteiger partial charge on any atom is 0.239 e. The Bertz CT molecular complexity index is 982. The van der Waals surface area contributed by atoms with Crippen LogP contribution >= 0.6 is 0 Å². The first-order valence-corrected chi connectivity index (χ1v) is 9.72. The van der Waals surface area contributed by atoms with E-state index in [9.17, 15) is 9.59 Å². The molecule has 29 heavy (non-hydrogen) atoms. The van der Waals surface area contributed by atoms with Crippen LogP contribution < -0.4 is 5.32 Å². The van der Waals surface area contributed by atoms with Gasteiger partial charge in [-0.05, 0) is 31.0 Å². The molecular weight excluding hydrogens is 362 g/mol. The van der Waals surface area contributed by atoms with Crippen LogP contribution in [-0.2, 0) is 16.1 Å². The maximum absolute atomic E-state index is 12.8. The van der Waals surface area contributed by atoms with Crippen molar-refractivity contribution in [3.63, 3.8) is 0 Å². The molecule has 0 aromatic heterocycles. The highest BCUT2D eigenvalue weighted by atomic mass is 16.2. The molecule has 1 N–H and O–H groups in total. The fourth-order valence-corrected chi connectivity index (χ4v) is 3.33. The minimum atomic E-state index is -0.401. The predicted octanol–water partition coefficient (Wildman–Crippen LogP) is 3.76. The second-order valence-electron chi connectivity index (χ2n) is 7.35. The molecule has 3 aromatic carbocycles. The van der Waals surface area contributed by atoms with Gasteiger partial charge in [0.1, 0.15) is 0 Å². The number of benzene rings is 3. The minimum absolute atomic E-state index is 0.0192. The molecule has 0 heterocycles. The maximum atomic E-state index is 12.8. The van der Waals surface area contributed by atoms with Gasteiger partial charge < -0.3 is 10.2 Å². The summed E-state index contributed by atoms with van der Waals surface area (Å²) in [5, 5.41) is 5.04. The Labute approximate surface area is 171 Å². The van der Waals surface area contributed by atoms with E-state index >= 15 is 0 Å². The van der Waals surface area contributed by atoms with Crippen molar-refractivity contribution in [3.8, 4) is 0 Å². The van der Waals surface area contributed by atoms with Crippen molar-refractivity contribution < 1.29 is 9.59 Å². The zero-order valence-corrected chi connectivity index (χ0v) is 17.1. The van der Waals surface area contributed by atoms with Crippen molar-refractivity contribution in [2.75, 3.05) is 26.0 Å². The van der Waals surface area contributed by atoms with Crippen LogP contribution in [0.1, 0.15) is 12.5 Å². The van der Waals surface area contributed by atoms with Gasteiger partial charge in [0.2, 0.25) is 11.8 Å². The number of hydrogen-bond donors (Lipinski definition) is 1. The monoisotopic (exact) mass is 389 g/mol. The van der Waals surface area contributed by atoms with Gasteiger partial charge in [0, 0.05) is 24.7 Å². The van der Waals surface area contributed by atoms with E-state index in [0.717, 1.165) is 22.0 Å². The zero-order valence-electron chi connectivity index (χ0n) is 17.1. The molecule has 0 aliphatic carbocycles. The van der Waals surface area contributed by atoms with Gasteiger partial charge in [0.25, 0.3) is 0 Å². The molecule has 0 aliphatic heterocycles. The molecule has 0 radical (unpaired) electrons. The second kappa shape index (κ2) is 9.34. The molecule has 0 saturated carbocycles. The Hall–Kier alpha value is -3.18. The summed E-state index contributed by atoms with van der Waals surface area (Å²) < 4.78 is 0. The molecule has 2 amide bonds. The first-order chi connectivity index (χ1) is 14.0. The summed E-state index contributed by atoms with van der Waals surface area (Å²) in [6.07, 6.45) is 0. The van der Waals surface area contributed by atoms with Crippen molar-refractivity contribution in [3.05, 3.63) is 78.4 Å². The van der Waals surface area contributed by atoms with E-state index < -0.39 is 6.04 Å². The van der Waals surface area contributed by atoms with E-state index in [2.05, 4.69) is 5.32 Å². The van der Waals surface area contributed by atoms with Crippen LogP contribution in [0.2, 0.25) is 0 Å². The number of carbonyl (C=O) groups is 2. The van der Waals surface area contributed by atoms with E-state index in [1.807, 2.05) is 79.7 Å².